The van der Waals surface area contributed by atoms with E-state index in [1.165, 1.54) is 4.31 Å². The second kappa shape index (κ2) is 5.84. The van der Waals surface area contributed by atoms with Gasteiger partial charge in [0.1, 0.15) is 0 Å². The number of hydrogen-bond acceptors (Lipinski definition) is 3. The van der Waals surface area contributed by atoms with Gasteiger partial charge in [-0.05, 0) is 25.2 Å². The average Bonchev–Trinajstić information content (AvgIpc) is 2.74. The van der Waals surface area contributed by atoms with Crippen molar-refractivity contribution < 1.29 is 13.2 Å². The van der Waals surface area contributed by atoms with Crippen molar-refractivity contribution in [1.29, 1.82) is 0 Å². The number of morpholine rings is 1. The monoisotopic (exact) mass is 282 g/mol. The molecule has 1 heterocycles. The molecule has 1 aliphatic carbocycles. The molecule has 2 unspecified atom stereocenters. The first-order valence-corrected chi connectivity index (χ1v) is 7.92. The topological polar surface area (TPSA) is 58.6 Å². The minimum Gasteiger partial charge on any atom is -0.379 e. The van der Waals surface area contributed by atoms with Crippen molar-refractivity contribution in [2.24, 2.45) is 5.92 Å². The zero-order chi connectivity index (χ0) is 12.3. The summed E-state index contributed by atoms with van der Waals surface area (Å²) in [5.74, 6) is 0.383. The molecule has 0 bridgehead atoms. The van der Waals surface area contributed by atoms with Gasteiger partial charge < -0.3 is 4.74 Å². The van der Waals surface area contributed by atoms with Crippen molar-refractivity contribution in [2.75, 3.05) is 32.8 Å². The molecule has 100 valence electrons. The normalized spacial score (nSPS) is 31.8. The maximum Gasteiger partial charge on any atom is 0.279 e. The molecule has 2 rings (SSSR count). The summed E-state index contributed by atoms with van der Waals surface area (Å²) in [7, 11) is -3.33. The largest absolute Gasteiger partial charge is 0.379 e. The van der Waals surface area contributed by atoms with Crippen LogP contribution in [0.3, 0.4) is 0 Å². The summed E-state index contributed by atoms with van der Waals surface area (Å²) in [4.78, 5) is 0. The van der Waals surface area contributed by atoms with Crippen molar-refractivity contribution >= 4 is 21.8 Å². The second-order valence-corrected chi connectivity index (χ2v) is 7.01. The smallest absolute Gasteiger partial charge is 0.279 e. The van der Waals surface area contributed by atoms with Gasteiger partial charge in [-0.25, -0.2) is 4.72 Å². The van der Waals surface area contributed by atoms with Crippen LogP contribution >= 0.6 is 11.6 Å². The molecule has 1 saturated carbocycles. The van der Waals surface area contributed by atoms with E-state index in [0.29, 0.717) is 38.8 Å². The number of hydrogen-bond donors (Lipinski definition) is 1. The summed E-state index contributed by atoms with van der Waals surface area (Å²) in [5, 5.41) is 0.216. The quantitative estimate of drug-likeness (QED) is 0.767. The van der Waals surface area contributed by atoms with E-state index in [0.717, 1.165) is 19.3 Å². The average molecular weight is 283 g/mol. The maximum atomic E-state index is 12.0. The minimum absolute atomic E-state index is 0.216. The molecule has 1 N–H and O–H groups in total. The van der Waals surface area contributed by atoms with E-state index in [-0.39, 0.29) is 5.38 Å². The Morgan fingerprint density at radius 1 is 1.29 bits per heavy atom. The van der Waals surface area contributed by atoms with E-state index < -0.39 is 10.2 Å². The van der Waals surface area contributed by atoms with E-state index >= 15 is 0 Å². The fourth-order valence-electron chi connectivity index (χ4n) is 2.30. The first-order chi connectivity index (χ1) is 8.08. The Labute approximate surface area is 108 Å². The Morgan fingerprint density at radius 2 is 2.00 bits per heavy atom. The lowest BCUT2D eigenvalue weighted by atomic mass is 10.1. The van der Waals surface area contributed by atoms with Crippen LogP contribution in [0.4, 0.5) is 0 Å². The summed E-state index contributed by atoms with van der Waals surface area (Å²) < 4.78 is 33.2. The van der Waals surface area contributed by atoms with Crippen molar-refractivity contribution in [3.05, 3.63) is 0 Å². The molecular weight excluding hydrogens is 264 g/mol. The molecule has 2 atom stereocenters. The molecule has 0 aromatic carbocycles. The zero-order valence-electron chi connectivity index (χ0n) is 9.77. The number of alkyl halides is 1. The lowest BCUT2D eigenvalue weighted by molar-refractivity contribution is 0.0724. The molecule has 5 nitrogen and oxygen atoms in total. The van der Waals surface area contributed by atoms with Crippen LogP contribution in [-0.2, 0) is 14.9 Å². The van der Waals surface area contributed by atoms with Crippen LogP contribution in [-0.4, -0.2) is 50.9 Å². The molecule has 0 radical (unpaired) electrons. The lowest BCUT2D eigenvalue weighted by Crippen LogP contribution is -2.47. The summed E-state index contributed by atoms with van der Waals surface area (Å²) >= 11 is 6.00. The van der Waals surface area contributed by atoms with Crippen LogP contribution in [0, 0.1) is 5.92 Å². The number of nitrogens with zero attached hydrogens (tertiary/aromatic N) is 1. The Balaban J connectivity index is 1.80. The highest BCUT2D eigenvalue weighted by atomic mass is 35.5. The van der Waals surface area contributed by atoms with Gasteiger partial charge in [-0.3, -0.25) is 0 Å². The van der Waals surface area contributed by atoms with Crippen molar-refractivity contribution in [1.82, 2.24) is 9.03 Å². The number of nitrogens with one attached hydrogen (secondary N) is 1. The predicted molar refractivity (Wildman–Crippen MR) is 66.3 cm³/mol. The number of halogens is 1. The van der Waals surface area contributed by atoms with Gasteiger partial charge in [0.2, 0.25) is 0 Å². The van der Waals surface area contributed by atoms with Gasteiger partial charge in [-0.15, -0.1) is 11.6 Å². The van der Waals surface area contributed by atoms with Crippen molar-refractivity contribution in [3.8, 4) is 0 Å². The molecule has 7 heteroatoms. The second-order valence-electron chi connectivity index (χ2n) is 4.64. The van der Waals surface area contributed by atoms with E-state index in [1.54, 1.807) is 0 Å². The van der Waals surface area contributed by atoms with Crippen molar-refractivity contribution in [3.63, 3.8) is 0 Å². The molecule has 2 fully saturated rings. The molecule has 0 aromatic heterocycles. The predicted octanol–water partition coefficient (Wildman–Crippen LogP) is 0.560. The van der Waals surface area contributed by atoms with E-state index in [4.69, 9.17) is 16.3 Å². The highest BCUT2D eigenvalue weighted by molar-refractivity contribution is 7.87. The Hall–Kier alpha value is 0.120. The first-order valence-electron chi connectivity index (χ1n) is 6.04. The third-order valence-electron chi connectivity index (χ3n) is 3.34. The molecule has 0 spiro atoms. The van der Waals surface area contributed by atoms with Gasteiger partial charge in [-0.1, -0.05) is 0 Å². The summed E-state index contributed by atoms with van der Waals surface area (Å²) in [6.07, 6.45) is 2.92. The van der Waals surface area contributed by atoms with Crippen molar-refractivity contribution in [2.45, 2.75) is 24.6 Å². The summed E-state index contributed by atoms with van der Waals surface area (Å²) in [6.45, 7) is 2.35. The van der Waals surface area contributed by atoms with Gasteiger partial charge >= 0.3 is 0 Å². The molecule has 17 heavy (non-hydrogen) atoms. The lowest BCUT2D eigenvalue weighted by Gasteiger charge is -2.26. The van der Waals surface area contributed by atoms with Crippen LogP contribution in [0.15, 0.2) is 0 Å². The minimum atomic E-state index is -3.33. The van der Waals surface area contributed by atoms with Gasteiger partial charge in [0.05, 0.1) is 13.2 Å². The Bertz CT molecular complexity index is 343. The van der Waals surface area contributed by atoms with Gasteiger partial charge in [0.25, 0.3) is 10.2 Å². The van der Waals surface area contributed by atoms with Crippen LogP contribution in [0.2, 0.25) is 0 Å². The third kappa shape index (κ3) is 3.79. The SMILES string of the molecule is O=S(=O)(NCC1CCC(Cl)C1)N1CCOCC1. The van der Waals surface area contributed by atoms with Gasteiger partial charge in [0, 0.05) is 25.0 Å². The van der Waals surface area contributed by atoms with E-state index in [9.17, 15) is 8.42 Å². The standard InChI is InChI=1S/C10H19ClN2O3S/c11-10-2-1-9(7-10)8-12-17(14,15)13-3-5-16-6-4-13/h9-10,12H,1-8H2. The molecule has 2 aliphatic rings. The fraction of sp³-hybridized carbons (Fsp3) is 1.00. The van der Waals surface area contributed by atoms with Gasteiger partial charge in [-0.2, -0.15) is 12.7 Å². The van der Waals surface area contributed by atoms with Crippen LogP contribution in [0.1, 0.15) is 19.3 Å². The highest BCUT2D eigenvalue weighted by Gasteiger charge is 2.27. The third-order valence-corrected chi connectivity index (χ3v) is 5.31. The Morgan fingerprint density at radius 3 is 2.59 bits per heavy atom. The first kappa shape index (κ1) is 13.5. The number of ether oxygens (including phenoxy) is 1. The van der Waals surface area contributed by atoms with Crippen LogP contribution in [0.25, 0.3) is 0 Å². The summed E-state index contributed by atoms with van der Waals surface area (Å²) in [6, 6.07) is 0. The highest BCUT2D eigenvalue weighted by Crippen LogP contribution is 2.28. The fourth-order valence-corrected chi connectivity index (χ4v) is 3.94. The maximum absolute atomic E-state index is 12.0. The molecule has 0 amide bonds. The van der Waals surface area contributed by atoms with E-state index in [1.807, 2.05) is 0 Å². The van der Waals surface area contributed by atoms with Crippen LogP contribution < -0.4 is 4.72 Å². The number of rotatable bonds is 4. The molecule has 1 aliphatic heterocycles. The molecular formula is C10H19ClN2O3S. The zero-order valence-corrected chi connectivity index (χ0v) is 11.3. The van der Waals surface area contributed by atoms with Crippen LogP contribution in [0.5, 0.6) is 0 Å². The van der Waals surface area contributed by atoms with E-state index in [2.05, 4.69) is 4.72 Å². The molecule has 0 aromatic rings. The molecule has 1 saturated heterocycles. The van der Waals surface area contributed by atoms with Gasteiger partial charge in [0.15, 0.2) is 0 Å². The summed E-state index contributed by atoms with van der Waals surface area (Å²) in [5.41, 5.74) is 0. The Kier molecular flexibility index (Phi) is 4.65.